The standard InChI is InChI=1S/C15H10Cl2FNO4/c1-22-15(21)13(9-3-2-8(16)6-11(9)17)23-14(20)10-4-5-19-7-12(10)18/h2-7,13H,1H3. The van der Waals surface area contributed by atoms with Gasteiger partial charge < -0.3 is 9.47 Å². The number of benzene rings is 1. The molecule has 1 atom stereocenters. The monoisotopic (exact) mass is 357 g/mol. The number of aromatic nitrogens is 1. The van der Waals surface area contributed by atoms with Gasteiger partial charge in [0, 0.05) is 21.8 Å². The summed E-state index contributed by atoms with van der Waals surface area (Å²) < 4.78 is 23.3. The molecule has 1 aromatic heterocycles. The lowest BCUT2D eigenvalue weighted by molar-refractivity contribution is -0.151. The lowest BCUT2D eigenvalue weighted by atomic mass is 10.1. The van der Waals surface area contributed by atoms with Crippen LogP contribution < -0.4 is 0 Å². The lowest BCUT2D eigenvalue weighted by Crippen LogP contribution is -2.22. The number of ether oxygens (including phenoxy) is 2. The molecule has 0 aliphatic carbocycles. The third-order valence-corrected chi connectivity index (χ3v) is 3.44. The van der Waals surface area contributed by atoms with Crippen molar-refractivity contribution in [1.82, 2.24) is 4.98 Å². The van der Waals surface area contributed by atoms with Gasteiger partial charge >= 0.3 is 11.9 Å². The largest absolute Gasteiger partial charge is 0.466 e. The number of carbonyl (C=O) groups is 2. The fourth-order valence-corrected chi connectivity index (χ4v) is 2.28. The van der Waals surface area contributed by atoms with E-state index in [0.717, 1.165) is 19.4 Å². The van der Waals surface area contributed by atoms with Crippen LogP contribution in [0.25, 0.3) is 0 Å². The van der Waals surface area contributed by atoms with Crippen LogP contribution in [-0.4, -0.2) is 24.0 Å². The number of rotatable bonds is 4. The molecule has 0 fully saturated rings. The Balaban J connectivity index is 2.35. The van der Waals surface area contributed by atoms with E-state index < -0.39 is 23.9 Å². The highest BCUT2D eigenvalue weighted by atomic mass is 35.5. The second-order valence-corrected chi connectivity index (χ2v) is 5.17. The molecule has 0 amide bonds. The van der Waals surface area contributed by atoms with E-state index in [-0.39, 0.29) is 16.1 Å². The summed E-state index contributed by atoms with van der Waals surface area (Å²) in [6.45, 7) is 0. The predicted molar refractivity (Wildman–Crippen MR) is 80.8 cm³/mol. The first-order valence-corrected chi connectivity index (χ1v) is 7.03. The van der Waals surface area contributed by atoms with Crippen molar-refractivity contribution in [3.8, 4) is 0 Å². The number of carbonyl (C=O) groups excluding carboxylic acids is 2. The van der Waals surface area contributed by atoms with Crippen molar-refractivity contribution >= 4 is 35.1 Å². The van der Waals surface area contributed by atoms with Crippen molar-refractivity contribution in [3.05, 3.63) is 63.6 Å². The van der Waals surface area contributed by atoms with Crippen molar-refractivity contribution < 1.29 is 23.5 Å². The second-order valence-electron chi connectivity index (χ2n) is 4.33. The number of halogens is 3. The van der Waals surface area contributed by atoms with Crippen LogP contribution in [0.2, 0.25) is 10.0 Å². The molecule has 0 saturated carbocycles. The number of methoxy groups -OCH3 is 1. The Morgan fingerprint density at radius 1 is 1.26 bits per heavy atom. The van der Waals surface area contributed by atoms with Crippen LogP contribution in [0.1, 0.15) is 22.0 Å². The fourth-order valence-electron chi connectivity index (χ4n) is 1.77. The van der Waals surface area contributed by atoms with Gasteiger partial charge in [-0.15, -0.1) is 0 Å². The van der Waals surface area contributed by atoms with Gasteiger partial charge in [0.05, 0.1) is 18.9 Å². The molecule has 2 aromatic rings. The molecule has 0 N–H and O–H groups in total. The van der Waals surface area contributed by atoms with Gasteiger partial charge in [0.25, 0.3) is 0 Å². The van der Waals surface area contributed by atoms with E-state index >= 15 is 0 Å². The molecular formula is C15H10Cl2FNO4. The average molecular weight is 358 g/mol. The summed E-state index contributed by atoms with van der Waals surface area (Å²) in [6.07, 6.45) is 0.631. The van der Waals surface area contributed by atoms with Gasteiger partial charge in [-0.05, 0) is 18.2 Å². The first-order chi connectivity index (χ1) is 10.9. The summed E-state index contributed by atoms with van der Waals surface area (Å²) >= 11 is 11.8. The number of pyridine rings is 1. The molecule has 0 aliphatic rings. The molecule has 8 heteroatoms. The van der Waals surface area contributed by atoms with Crippen molar-refractivity contribution in [2.24, 2.45) is 0 Å². The Morgan fingerprint density at radius 2 is 2.00 bits per heavy atom. The fraction of sp³-hybridized carbons (Fsp3) is 0.133. The van der Waals surface area contributed by atoms with Crippen molar-refractivity contribution in [2.45, 2.75) is 6.10 Å². The van der Waals surface area contributed by atoms with E-state index in [1.165, 1.54) is 24.4 Å². The maximum Gasteiger partial charge on any atom is 0.352 e. The summed E-state index contributed by atoms with van der Waals surface area (Å²) in [5.41, 5.74) is -0.190. The number of nitrogens with zero attached hydrogens (tertiary/aromatic N) is 1. The zero-order valence-corrected chi connectivity index (χ0v) is 13.3. The van der Waals surface area contributed by atoms with E-state index in [1.807, 2.05) is 0 Å². The van der Waals surface area contributed by atoms with Crippen LogP contribution in [0.15, 0.2) is 36.7 Å². The highest BCUT2D eigenvalue weighted by Crippen LogP contribution is 2.30. The lowest BCUT2D eigenvalue weighted by Gasteiger charge is -2.17. The van der Waals surface area contributed by atoms with Crippen LogP contribution in [0.5, 0.6) is 0 Å². The number of hydrogen-bond donors (Lipinski definition) is 0. The van der Waals surface area contributed by atoms with E-state index in [0.29, 0.717) is 5.02 Å². The van der Waals surface area contributed by atoms with Crippen LogP contribution in [0, 0.1) is 5.82 Å². The summed E-state index contributed by atoms with van der Waals surface area (Å²) in [5, 5.41) is 0.449. The number of esters is 2. The van der Waals surface area contributed by atoms with Gasteiger partial charge in [-0.25, -0.2) is 14.0 Å². The van der Waals surface area contributed by atoms with Gasteiger partial charge in [-0.2, -0.15) is 0 Å². The third-order valence-electron chi connectivity index (χ3n) is 2.88. The van der Waals surface area contributed by atoms with Crippen molar-refractivity contribution in [2.75, 3.05) is 7.11 Å². The second kappa shape index (κ2) is 7.39. The van der Waals surface area contributed by atoms with Gasteiger partial charge in [0.15, 0.2) is 5.82 Å². The summed E-state index contributed by atoms with van der Waals surface area (Å²) in [5.74, 6) is -2.79. The molecule has 2 rings (SSSR count). The Bertz CT molecular complexity index is 754. The molecule has 23 heavy (non-hydrogen) atoms. The summed E-state index contributed by atoms with van der Waals surface area (Å²) in [6, 6.07) is 5.41. The predicted octanol–water partition coefficient (Wildman–Crippen LogP) is 3.60. The highest BCUT2D eigenvalue weighted by molar-refractivity contribution is 6.35. The molecule has 1 heterocycles. The maximum atomic E-state index is 13.6. The normalized spacial score (nSPS) is 11.7. The molecule has 1 aromatic carbocycles. The third kappa shape index (κ3) is 3.97. The number of hydrogen-bond acceptors (Lipinski definition) is 5. The summed E-state index contributed by atoms with van der Waals surface area (Å²) in [4.78, 5) is 27.5. The first kappa shape index (κ1) is 17.2. The molecule has 0 bridgehead atoms. The molecule has 120 valence electrons. The molecule has 0 radical (unpaired) electrons. The molecule has 0 spiro atoms. The minimum Gasteiger partial charge on any atom is -0.466 e. The highest BCUT2D eigenvalue weighted by Gasteiger charge is 2.29. The van der Waals surface area contributed by atoms with E-state index in [4.69, 9.17) is 27.9 Å². The first-order valence-electron chi connectivity index (χ1n) is 6.27. The van der Waals surface area contributed by atoms with E-state index in [2.05, 4.69) is 9.72 Å². The summed E-state index contributed by atoms with van der Waals surface area (Å²) in [7, 11) is 1.13. The van der Waals surface area contributed by atoms with Crippen molar-refractivity contribution in [1.29, 1.82) is 0 Å². The Morgan fingerprint density at radius 3 is 2.61 bits per heavy atom. The van der Waals surface area contributed by atoms with Crippen LogP contribution in [0.4, 0.5) is 4.39 Å². The van der Waals surface area contributed by atoms with Crippen molar-refractivity contribution in [3.63, 3.8) is 0 Å². The van der Waals surface area contributed by atoms with Crippen LogP contribution in [0.3, 0.4) is 0 Å². The minimum atomic E-state index is -1.45. The van der Waals surface area contributed by atoms with Crippen LogP contribution >= 0.6 is 23.2 Å². The Kier molecular flexibility index (Phi) is 5.52. The molecule has 0 aliphatic heterocycles. The minimum absolute atomic E-state index is 0.107. The zero-order chi connectivity index (χ0) is 17.0. The van der Waals surface area contributed by atoms with E-state index in [1.54, 1.807) is 0 Å². The molecular weight excluding hydrogens is 348 g/mol. The van der Waals surface area contributed by atoms with Gasteiger partial charge in [-0.1, -0.05) is 29.3 Å². The quantitative estimate of drug-likeness (QED) is 0.782. The Hall–Kier alpha value is -2.18. The van der Waals surface area contributed by atoms with Gasteiger partial charge in [-0.3, -0.25) is 4.98 Å². The molecule has 5 nitrogen and oxygen atoms in total. The van der Waals surface area contributed by atoms with E-state index in [9.17, 15) is 14.0 Å². The van der Waals surface area contributed by atoms with Gasteiger partial charge in [0.2, 0.25) is 6.10 Å². The topological polar surface area (TPSA) is 65.5 Å². The Labute approximate surface area is 140 Å². The molecule has 1 unspecified atom stereocenters. The maximum absolute atomic E-state index is 13.6. The van der Waals surface area contributed by atoms with Crippen LogP contribution in [-0.2, 0) is 14.3 Å². The zero-order valence-electron chi connectivity index (χ0n) is 11.8. The molecule has 0 saturated heterocycles. The smallest absolute Gasteiger partial charge is 0.352 e. The SMILES string of the molecule is COC(=O)C(OC(=O)c1ccncc1F)c1ccc(Cl)cc1Cl. The van der Waals surface area contributed by atoms with Gasteiger partial charge in [0.1, 0.15) is 0 Å². The average Bonchev–Trinajstić information content (AvgIpc) is 2.52.